The lowest BCUT2D eigenvalue weighted by Gasteiger charge is -2.26. The molecule has 0 spiro atoms. The maximum atomic E-state index is 5.68. The van der Waals surface area contributed by atoms with Crippen LogP contribution in [0.25, 0.3) is 0 Å². The van der Waals surface area contributed by atoms with Gasteiger partial charge in [-0.05, 0) is 50.9 Å². The van der Waals surface area contributed by atoms with E-state index >= 15 is 0 Å². The Balaban J connectivity index is 1.82. The zero-order valence-electron chi connectivity index (χ0n) is 7.09. The van der Waals surface area contributed by atoms with Gasteiger partial charge in [-0.15, -0.1) is 0 Å². The summed E-state index contributed by atoms with van der Waals surface area (Å²) < 4.78 is 5.68. The second kappa shape index (κ2) is 3.57. The Hall–Kier alpha value is -0.0400. The van der Waals surface area contributed by atoms with Crippen LogP contribution in [0.3, 0.4) is 0 Å². The second-order valence-corrected chi connectivity index (χ2v) is 3.75. The normalized spacial score (nSPS) is 34.4. The molecular formula is C10H17O. The number of hydrogen-bond donors (Lipinski definition) is 0. The largest absolute Gasteiger partial charge is 0.378 e. The van der Waals surface area contributed by atoms with Crippen molar-refractivity contribution in [2.75, 3.05) is 6.61 Å². The summed E-state index contributed by atoms with van der Waals surface area (Å²) in [6, 6.07) is 0. The van der Waals surface area contributed by atoms with Crippen LogP contribution in [-0.2, 0) is 4.74 Å². The lowest BCUT2D eigenvalue weighted by Crippen LogP contribution is -2.21. The minimum Gasteiger partial charge on any atom is -0.378 e. The van der Waals surface area contributed by atoms with E-state index in [1.54, 1.807) is 0 Å². The van der Waals surface area contributed by atoms with Crippen molar-refractivity contribution >= 4 is 0 Å². The Morgan fingerprint density at radius 3 is 2.55 bits per heavy atom. The molecule has 0 N–H and O–H groups in total. The molecule has 2 aliphatic rings. The van der Waals surface area contributed by atoms with E-state index in [4.69, 9.17) is 4.74 Å². The van der Waals surface area contributed by atoms with Crippen LogP contribution < -0.4 is 0 Å². The molecule has 1 unspecified atom stereocenters. The summed E-state index contributed by atoms with van der Waals surface area (Å²) in [5.41, 5.74) is 0. The van der Waals surface area contributed by atoms with Crippen molar-refractivity contribution in [1.29, 1.82) is 0 Å². The Morgan fingerprint density at radius 1 is 1.09 bits per heavy atom. The first-order valence-corrected chi connectivity index (χ1v) is 4.90. The van der Waals surface area contributed by atoms with E-state index in [9.17, 15) is 0 Å². The van der Waals surface area contributed by atoms with Gasteiger partial charge >= 0.3 is 0 Å². The van der Waals surface area contributed by atoms with Crippen LogP contribution >= 0.6 is 0 Å². The van der Waals surface area contributed by atoms with E-state index < -0.39 is 0 Å². The van der Waals surface area contributed by atoms with E-state index in [1.165, 1.54) is 38.5 Å². The molecule has 1 aliphatic heterocycles. The summed E-state index contributed by atoms with van der Waals surface area (Å²) in [7, 11) is 0. The summed E-state index contributed by atoms with van der Waals surface area (Å²) in [6.07, 6.45) is 11.1. The van der Waals surface area contributed by atoms with Crippen LogP contribution in [0, 0.1) is 12.3 Å². The molecule has 1 aliphatic carbocycles. The van der Waals surface area contributed by atoms with Crippen LogP contribution in [0.5, 0.6) is 0 Å². The minimum absolute atomic E-state index is 0.628. The molecule has 0 aromatic rings. The molecule has 1 saturated carbocycles. The first-order valence-electron chi connectivity index (χ1n) is 4.90. The van der Waals surface area contributed by atoms with E-state index in [2.05, 4.69) is 6.42 Å². The highest BCUT2D eigenvalue weighted by atomic mass is 16.5. The van der Waals surface area contributed by atoms with E-state index in [0.717, 1.165) is 12.5 Å². The molecule has 63 valence electrons. The molecule has 0 bridgehead atoms. The van der Waals surface area contributed by atoms with Gasteiger partial charge in [0, 0.05) is 6.61 Å². The van der Waals surface area contributed by atoms with Crippen LogP contribution in [0.15, 0.2) is 0 Å². The van der Waals surface area contributed by atoms with Crippen LogP contribution in [0.2, 0.25) is 0 Å². The monoisotopic (exact) mass is 153 g/mol. The number of ether oxygens (including phenoxy) is 1. The quantitative estimate of drug-likeness (QED) is 0.562. The minimum atomic E-state index is 0.628. The Bertz CT molecular complexity index is 110. The van der Waals surface area contributed by atoms with Crippen molar-refractivity contribution in [3.63, 3.8) is 0 Å². The van der Waals surface area contributed by atoms with Gasteiger partial charge in [0.2, 0.25) is 0 Å². The van der Waals surface area contributed by atoms with Crippen LogP contribution in [0.4, 0.5) is 0 Å². The molecule has 1 atom stereocenters. The van der Waals surface area contributed by atoms with Gasteiger partial charge in [0.1, 0.15) is 0 Å². The van der Waals surface area contributed by atoms with E-state index in [-0.39, 0.29) is 0 Å². The fourth-order valence-electron chi connectivity index (χ4n) is 2.30. The van der Waals surface area contributed by atoms with Crippen molar-refractivity contribution in [3.8, 4) is 0 Å². The maximum absolute atomic E-state index is 5.68. The summed E-state index contributed by atoms with van der Waals surface area (Å²) in [5, 5.41) is 0. The smallest absolute Gasteiger partial charge is 0.0604 e. The summed E-state index contributed by atoms with van der Waals surface area (Å²) in [5.74, 6) is 0.891. The van der Waals surface area contributed by atoms with Gasteiger partial charge in [0.15, 0.2) is 0 Å². The standard InChI is InChI=1S/C10H17O/c1-2-5-9(6-3-1)10-7-4-8-11-10/h1,9-10H,2-8H2. The molecule has 0 amide bonds. The summed E-state index contributed by atoms with van der Waals surface area (Å²) >= 11 is 0. The van der Waals surface area contributed by atoms with Gasteiger partial charge in [0.05, 0.1) is 6.10 Å². The van der Waals surface area contributed by atoms with Gasteiger partial charge in [-0.2, -0.15) is 0 Å². The lowest BCUT2D eigenvalue weighted by atomic mass is 9.84. The zero-order valence-corrected chi connectivity index (χ0v) is 7.09. The van der Waals surface area contributed by atoms with Gasteiger partial charge in [0.25, 0.3) is 0 Å². The molecule has 11 heavy (non-hydrogen) atoms. The van der Waals surface area contributed by atoms with Crippen molar-refractivity contribution in [3.05, 3.63) is 6.42 Å². The van der Waals surface area contributed by atoms with Crippen molar-refractivity contribution in [2.45, 2.75) is 44.6 Å². The number of rotatable bonds is 1. The fraction of sp³-hybridized carbons (Fsp3) is 0.900. The Kier molecular flexibility index (Phi) is 2.47. The third-order valence-corrected chi connectivity index (χ3v) is 2.97. The third-order valence-electron chi connectivity index (χ3n) is 2.97. The fourth-order valence-corrected chi connectivity index (χ4v) is 2.30. The Morgan fingerprint density at radius 2 is 1.91 bits per heavy atom. The second-order valence-electron chi connectivity index (χ2n) is 3.75. The zero-order chi connectivity index (χ0) is 7.52. The van der Waals surface area contributed by atoms with Gasteiger partial charge in [-0.3, -0.25) is 0 Å². The van der Waals surface area contributed by atoms with Crippen LogP contribution in [0.1, 0.15) is 38.5 Å². The highest BCUT2D eigenvalue weighted by Crippen LogP contribution is 2.31. The molecule has 1 nitrogen and oxygen atoms in total. The first kappa shape index (κ1) is 7.60. The van der Waals surface area contributed by atoms with E-state index in [1.807, 2.05) is 0 Å². The third kappa shape index (κ3) is 1.76. The van der Waals surface area contributed by atoms with Crippen molar-refractivity contribution in [2.24, 2.45) is 5.92 Å². The molecular weight excluding hydrogens is 136 g/mol. The van der Waals surface area contributed by atoms with Crippen molar-refractivity contribution in [1.82, 2.24) is 0 Å². The molecule has 1 heteroatoms. The maximum Gasteiger partial charge on any atom is 0.0604 e. The topological polar surface area (TPSA) is 9.23 Å². The molecule has 2 rings (SSSR count). The highest BCUT2D eigenvalue weighted by Gasteiger charge is 2.26. The molecule has 1 radical (unpaired) electrons. The predicted molar refractivity (Wildman–Crippen MR) is 45.2 cm³/mol. The number of hydrogen-bond acceptors (Lipinski definition) is 1. The van der Waals surface area contributed by atoms with Gasteiger partial charge < -0.3 is 4.74 Å². The molecule has 1 heterocycles. The summed E-state index contributed by atoms with van der Waals surface area (Å²) in [6.45, 7) is 1.02. The average Bonchev–Trinajstić information content (AvgIpc) is 2.58. The SMILES string of the molecule is [CH]1CCC(C2CCCO2)CC1. The first-order chi connectivity index (χ1) is 5.47. The Labute approximate surface area is 69.1 Å². The summed E-state index contributed by atoms with van der Waals surface area (Å²) in [4.78, 5) is 0. The van der Waals surface area contributed by atoms with Crippen molar-refractivity contribution < 1.29 is 4.74 Å². The van der Waals surface area contributed by atoms with Crippen LogP contribution in [-0.4, -0.2) is 12.7 Å². The van der Waals surface area contributed by atoms with Gasteiger partial charge in [-0.1, -0.05) is 0 Å². The van der Waals surface area contributed by atoms with Gasteiger partial charge in [-0.25, -0.2) is 0 Å². The molecule has 0 aromatic heterocycles. The predicted octanol–water partition coefficient (Wildman–Crippen LogP) is 2.56. The molecule has 2 fully saturated rings. The van der Waals surface area contributed by atoms with E-state index in [0.29, 0.717) is 6.10 Å². The molecule has 1 saturated heterocycles. The lowest BCUT2D eigenvalue weighted by molar-refractivity contribution is 0.0519. The average molecular weight is 153 g/mol. The molecule has 0 aromatic carbocycles. The highest BCUT2D eigenvalue weighted by molar-refractivity contribution is 4.83.